The second kappa shape index (κ2) is 14.5. The maximum absolute atomic E-state index is 13.9. The molecule has 238 valence electrons. The van der Waals surface area contributed by atoms with Gasteiger partial charge in [-0.2, -0.15) is 0 Å². The van der Waals surface area contributed by atoms with Gasteiger partial charge < -0.3 is 14.8 Å². The Hall–Kier alpha value is -2.47. The number of amides is 1. The SMILES string of the molecule is C[C@H](CC(=O)CN1CCOCC1)C(=O)N[C@@H](Cc1ccc(S(C)(=O)=O)cc1)C(=O)C[C@@H](CC1CCCC1)C(=O)[C@@]1(C)CO1. The molecule has 3 fully saturated rings. The van der Waals surface area contributed by atoms with E-state index in [-0.39, 0.29) is 48.1 Å². The van der Waals surface area contributed by atoms with Crippen molar-refractivity contribution in [3.05, 3.63) is 29.8 Å². The average molecular weight is 619 g/mol. The zero-order valence-electron chi connectivity index (χ0n) is 25.6. The highest BCUT2D eigenvalue weighted by molar-refractivity contribution is 7.90. The summed E-state index contributed by atoms with van der Waals surface area (Å²) < 4.78 is 34.6. The summed E-state index contributed by atoms with van der Waals surface area (Å²) in [6.45, 7) is 6.54. The van der Waals surface area contributed by atoms with Gasteiger partial charge in [0.1, 0.15) is 11.4 Å². The van der Waals surface area contributed by atoms with Gasteiger partial charge >= 0.3 is 0 Å². The fourth-order valence-electron chi connectivity index (χ4n) is 6.17. The monoisotopic (exact) mass is 618 g/mol. The first-order chi connectivity index (χ1) is 20.3. The van der Waals surface area contributed by atoms with Gasteiger partial charge in [0, 0.05) is 44.0 Å². The molecule has 0 aromatic heterocycles. The molecule has 2 saturated heterocycles. The lowest BCUT2D eigenvalue weighted by Gasteiger charge is -2.26. The van der Waals surface area contributed by atoms with Crippen LogP contribution in [0.5, 0.6) is 0 Å². The average Bonchev–Trinajstić information content (AvgIpc) is 3.50. The third kappa shape index (κ3) is 9.76. The fraction of sp³-hybridized carbons (Fsp3) is 0.688. The molecule has 0 spiro atoms. The van der Waals surface area contributed by atoms with Crippen LogP contribution in [0, 0.1) is 17.8 Å². The van der Waals surface area contributed by atoms with Crippen LogP contribution >= 0.6 is 0 Å². The molecule has 43 heavy (non-hydrogen) atoms. The summed E-state index contributed by atoms with van der Waals surface area (Å²) in [5.74, 6) is -1.53. The summed E-state index contributed by atoms with van der Waals surface area (Å²) in [6, 6.07) is 5.31. The predicted octanol–water partition coefficient (Wildman–Crippen LogP) is 2.56. The van der Waals surface area contributed by atoms with Gasteiger partial charge in [-0.15, -0.1) is 0 Å². The van der Waals surface area contributed by atoms with Gasteiger partial charge in [0.05, 0.1) is 37.3 Å². The lowest BCUT2D eigenvalue weighted by molar-refractivity contribution is -0.134. The first-order valence-corrected chi connectivity index (χ1v) is 17.4. The third-order valence-electron chi connectivity index (χ3n) is 8.99. The summed E-state index contributed by atoms with van der Waals surface area (Å²) in [6.07, 6.45) is 6.26. The van der Waals surface area contributed by atoms with Crippen LogP contribution in [0.3, 0.4) is 0 Å². The zero-order chi connectivity index (χ0) is 31.2. The Labute approximate surface area is 255 Å². The van der Waals surface area contributed by atoms with E-state index in [1.807, 2.05) is 4.90 Å². The highest BCUT2D eigenvalue weighted by atomic mass is 32.2. The van der Waals surface area contributed by atoms with Crippen molar-refractivity contribution in [2.45, 2.75) is 81.8 Å². The molecule has 1 N–H and O–H groups in total. The molecular formula is C32H46N2O8S. The zero-order valence-corrected chi connectivity index (χ0v) is 26.5. The van der Waals surface area contributed by atoms with Crippen LogP contribution in [0.1, 0.15) is 64.4 Å². The number of rotatable bonds is 16. The molecule has 2 heterocycles. The Morgan fingerprint density at radius 2 is 1.67 bits per heavy atom. The molecule has 2 aliphatic heterocycles. The van der Waals surface area contributed by atoms with Crippen molar-refractivity contribution in [1.82, 2.24) is 10.2 Å². The summed E-state index contributed by atoms with van der Waals surface area (Å²) in [5.41, 5.74) is -0.169. The molecule has 4 rings (SSSR count). The second-order valence-electron chi connectivity index (χ2n) is 12.9. The molecule has 0 bridgehead atoms. The highest BCUT2D eigenvalue weighted by Crippen LogP contribution is 2.37. The quantitative estimate of drug-likeness (QED) is 0.277. The van der Waals surface area contributed by atoms with E-state index < -0.39 is 39.2 Å². The normalized spacial score (nSPS) is 23.3. The van der Waals surface area contributed by atoms with Crippen LogP contribution in [0.15, 0.2) is 29.2 Å². The Morgan fingerprint density at radius 1 is 1.05 bits per heavy atom. The van der Waals surface area contributed by atoms with Gasteiger partial charge in [-0.05, 0) is 43.4 Å². The van der Waals surface area contributed by atoms with Crippen molar-refractivity contribution < 1.29 is 37.1 Å². The van der Waals surface area contributed by atoms with Crippen molar-refractivity contribution in [1.29, 1.82) is 0 Å². The molecular weight excluding hydrogens is 572 g/mol. The number of carbonyl (C=O) groups excluding carboxylic acids is 4. The predicted molar refractivity (Wildman–Crippen MR) is 160 cm³/mol. The number of ketones is 3. The Bertz CT molecular complexity index is 1260. The molecule has 3 aliphatic rings. The minimum Gasteiger partial charge on any atom is -0.379 e. The molecule has 10 nitrogen and oxygen atoms in total. The fourth-order valence-corrected chi connectivity index (χ4v) is 6.80. The van der Waals surface area contributed by atoms with Gasteiger partial charge in [-0.1, -0.05) is 44.7 Å². The lowest BCUT2D eigenvalue weighted by atomic mass is 9.81. The topological polar surface area (TPSA) is 139 Å². The van der Waals surface area contributed by atoms with Crippen LogP contribution in [0.2, 0.25) is 0 Å². The standard InChI is InChI=1S/C32H46N2O8S/c1-22(16-26(35)20-34-12-14-41-15-13-34)31(38)33-28(18-24-8-10-27(11-9-24)43(3,39)40)29(36)19-25(17-23-6-4-5-7-23)30(37)32(2)21-42-32/h8-11,22-23,25,28H,4-7,12-21H2,1-3H3,(H,33,38)/t22-,25-,28+,32-/m1/s1. The molecule has 1 aliphatic carbocycles. The number of nitrogens with zero attached hydrogens (tertiary/aromatic N) is 1. The minimum atomic E-state index is -3.39. The van der Waals surface area contributed by atoms with Crippen molar-refractivity contribution in [2.75, 3.05) is 45.7 Å². The summed E-state index contributed by atoms with van der Waals surface area (Å²) in [7, 11) is -3.39. The molecule has 4 atom stereocenters. The van der Waals surface area contributed by atoms with Crippen molar-refractivity contribution in [3.8, 4) is 0 Å². The van der Waals surface area contributed by atoms with Crippen molar-refractivity contribution in [3.63, 3.8) is 0 Å². The van der Waals surface area contributed by atoms with E-state index in [1.54, 1.807) is 26.0 Å². The van der Waals surface area contributed by atoms with E-state index in [9.17, 15) is 27.6 Å². The largest absolute Gasteiger partial charge is 0.379 e. The van der Waals surface area contributed by atoms with Gasteiger partial charge in [-0.3, -0.25) is 24.1 Å². The van der Waals surface area contributed by atoms with E-state index in [0.29, 0.717) is 50.8 Å². The Balaban J connectivity index is 1.46. The molecule has 0 radical (unpaired) electrons. The van der Waals surface area contributed by atoms with E-state index in [1.165, 1.54) is 12.1 Å². The first kappa shape index (κ1) is 33.4. The van der Waals surface area contributed by atoms with Crippen LogP contribution in [0.25, 0.3) is 0 Å². The Morgan fingerprint density at radius 3 is 2.26 bits per heavy atom. The maximum Gasteiger partial charge on any atom is 0.223 e. The van der Waals surface area contributed by atoms with Crippen molar-refractivity contribution in [2.24, 2.45) is 17.8 Å². The summed E-state index contributed by atoms with van der Waals surface area (Å²) in [5, 5.41) is 2.88. The highest BCUT2D eigenvalue weighted by Gasteiger charge is 2.50. The van der Waals surface area contributed by atoms with Crippen LogP contribution in [0.4, 0.5) is 0 Å². The smallest absolute Gasteiger partial charge is 0.223 e. The van der Waals surface area contributed by atoms with Gasteiger partial charge in [-0.25, -0.2) is 8.42 Å². The number of morpholine rings is 1. The van der Waals surface area contributed by atoms with Gasteiger partial charge in [0.25, 0.3) is 0 Å². The molecule has 1 saturated carbocycles. The number of benzene rings is 1. The number of sulfone groups is 1. The van der Waals surface area contributed by atoms with E-state index in [2.05, 4.69) is 5.32 Å². The van der Waals surface area contributed by atoms with Crippen LogP contribution in [-0.4, -0.2) is 93.9 Å². The molecule has 1 aromatic rings. The molecule has 1 amide bonds. The first-order valence-electron chi connectivity index (χ1n) is 15.5. The van der Waals surface area contributed by atoms with E-state index >= 15 is 0 Å². The number of nitrogens with one attached hydrogen (secondary N) is 1. The maximum atomic E-state index is 13.9. The van der Waals surface area contributed by atoms with Crippen LogP contribution < -0.4 is 5.32 Å². The summed E-state index contributed by atoms with van der Waals surface area (Å²) in [4.78, 5) is 55.5. The second-order valence-corrected chi connectivity index (χ2v) is 14.9. The molecule has 0 unspecified atom stereocenters. The number of hydrogen-bond donors (Lipinski definition) is 1. The Kier molecular flexibility index (Phi) is 11.3. The summed E-state index contributed by atoms with van der Waals surface area (Å²) >= 11 is 0. The van der Waals surface area contributed by atoms with E-state index in [0.717, 1.165) is 31.9 Å². The number of epoxide rings is 1. The number of ether oxygens (including phenoxy) is 2. The minimum absolute atomic E-state index is 0.00893. The third-order valence-corrected chi connectivity index (χ3v) is 10.1. The number of hydrogen-bond acceptors (Lipinski definition) is 9. The molecule has 11 heteroatoms. The van der Waals surface area contributed by atoms with Gasteiger partial charge in [0.15, 0.2) is 21.4 Å². The van der Waals surface area contributed by atoms with E-state index in [4.69, 9.17) is 9.47 Å². The lowest BCUT2D eigenvalue weighted by Crippen LogP contribution is -2.46. The van der Waals surface area contributed by atoms with Crippen molar-refractivity contribution >= 4 is 33.1 Å². The number of carbonyl (C=O) groups is 4. The number of Topliss-reactive ketones (excluding diaryl/α,β-unsaturated/α-hetero) is 3. The van der Waals surface area contributed by atoms with Crippen LogP contribution in [-0.2, 0) is 44.9 Å². The molecule has 1 aromatic carbocycles. The van der Waals surface area contributed by atoms with Gasteiger partial charge in [0.2, 0.25) is 5.91 Å².